The zero-order valence-corrected chi connectivity index (χ0v) is 7.75. The summed E-state index contributed by atoms with van der Waals surface area (Å²) in [5.41, 5.74) is 0. The van der Waals surface area contributed by atoms with Gasteiger partial charge in [0.15, 0.2) is 0 Å². The third-order valence-electron chi connectivity index (χ3n) is 2.01. The maximum atomic E-state index is 11.3. The molecule has 1 aromatic carbocycles. The zero-order valence-electron chi connectivity index (χ0n) is 7.00. The monoisotopic (exact) mass is 196 g/mol. The third-order valence-corrected chi connectivity index (χ3v) is 2.54. The van der Waals surface area contributed by atoms with Gasteiger partial charge in [-0.1, -0.05) is 18.2 Å². The predicted octanol–water partition coefficient (Wildman–Crippen LogP) is 2.36. The summed E-state index contributed by atoms with van der Waals surface area (Å²) in [4.78, 5) is 10.6. The number of hydrogen-bond acceptors (Lipinski definition) is 2. The summed E-state index contributed by atoms with van der Waals surface area (Å²) in [5.74, 6) is 0.222. The first kappa shape index (κ1) is 8.57. The van der Waals surface area contributed by atoms with E-state index in [0.29, 0.717) is 5.75 Å². The molecule has 1 aromatic rings. The number of halogens is 1. The van der Waals surface area contributed by atoms with Crippen molar-refractivity contribution in [3.63, 3.8) is 0 Å². The lowest BCUT2D eigenvalue weighted by Crippen LogP contribution is -2.21. The second kappa shape index (κ2) is 3.04. The Labute approximate surface area is 81.5 Å². The molecule has 0 saturated heterocycles. The van der Waals surface area contributed by atoms with Crippen molar-refractivity contribution in [1.29, 1.82) is 0 Å². The molecule has 0 amide bonds. The Morgan fingerprint density at radius 2 is 1.92 bits per heavy atom. The Bertz CT molecular complexity index is 317. The molecule has 2 rings (SSSR count). The number of alkyl halides is 1. The van der Waals surface area contributed by atoms with E-state index in [1.807, 2.05) is 18.2 Å². The van der Waals surface area contributed by atoms with Crippen molar-refractivity contribution < 1.29 is 9.53 Å². The summed E-state index contributed by atoms with van der Waals surface area (Å²) in [5, 5.41) is 0. The van der Waals surface area contributed by atoms with Crippen LogP contribution in [0.4, 0.5) is 0 Å². The molecule has 68 valence electrons. The molecule has 0 spiro atoms. The van der Waals surface area contributed by atoms with E-state index >= 15 is 0 Å². The van der Waals surface area contributed by atoms with E-state index in [-0.39, 0.29) is 5.97 Å². The van der Waals surface area contributed by atoms with Crippen molar-refractivity contribution in [3.05, 3.63) is 30.3 Å². The molecule has 0 bridgehead atoms. The van der Waals surface area contributed by atoms with Gasteiger partial charge in [0, 0.05) is 0 Å². The average molecular weight is 197 g/mol. The van der Waals surface area contributed by atoms with Gasteiger partial charge >= 0.3 is 5.97 Å². The lowest BCUT2D eigenvalue weighted by molar-refractivity contribution is -0.134. The van der Waals surface area contributed by atoms with E-state index < -0.39 is 4.87 Å². The summed E-state index contributed by atoms with van der Waals surface area (Å²) in [6, 6.07) is 8.97. The fourth-order valence-corrected chi connectivity index (χ4v) is 1.13. The van der Waals surface area contributed by atoms with E-state index in [2.05, 4.69) is 0 Å². The number of hydrogen-bond donors (Lipinski definition) is 0. The smallest absolute Gasteiger partial charge is 0.332 e. The average Bonchev–Trinajstić information content (AvgIpc) is 2.87. The van der Waals surface area contributed by atoms with Crippen molar-refractivity contribution in [2.75, 3.05) is 0 Å². The van der Waals surface area contributed by atoms with Crippen LogP contribution in [0, 0.1) is 0 Å². The highest BCUT2D eigenvalue weighted by Crippen LogP contribution is 2.43. The van der Waals surface area contributed by atoms with Crippen molar-refractivity contribution >= 4 is 17.6 Å². The van der Waals surface area contributed by atoms with Gasteiger partial charge in [0.25, 0.3) is 0 Å². The summed E-state index contributed by atoms with van der Waals surface area (Å²) < 4.78 is 5.07. The molecule has 2 nitrogen and oxygen atoms in total. The normalized spacial score (nSPS) is 17.9. The Kier molecular flexibility index (Phi) is 2.00. The summed E-state index contributed by atoms with van der Waals surface area (Å²) in [7, 11) is 0. The van der Waals surface area contributed by atoms with Gasteiger partial charge in [0.05, 0.1) is 0 Å². The molecule has 0 radical (unpaired) electrons. The van der Waals surface area contributed by atoms with Crippen LogP contribution in [0.5, 0.6) is 5.75 Å². The maximum absolute atomic E-state index is 11.3. The van der Waals surface area contributed by atoms with Gasteiger partial charge in [-0.15, -0.1) is 11.6 Å². The van der Waals surface area contributed by atoms with Crippen molar-refractivity contribution in [3.8, 4) is 5.75 Å². The minimum atomic E-state index is -0.726. The van der Waals surface area contributed by atoms with E-state index in [1.54, 1.807) is 12.1 Å². The highest BCUT2D eigenvalue weighted by molar-refractivity contribution is 6.36. The Morgan fingerprint density at radius 3 is 2.46 bits per heavy atom. The molecule has 0 aliphatic heterocycles. The molecular formula is C10H9ClO2. The quantitative estimate of drug-likeness (QED) is 0.412. The van der Waals surface area contributed by atoms with Crippen molar-refractivity contribution in [2.24, 2.45) is 0 Å². The second-order valence-electron chi connectivity index (χ2n) is 3.17. The number of esters is 1. The van der Waals surface area contributed by atoms with Crippen LogP contribution in [0.3, 0.4) is 0 Å². The van der Waals surface area contributed by atoms with Crippen LogP contribution in [-0.2, 0) is 4.79 Å². The molecule has 0 heterocycles. The summed E-state index contributed by atoms with van der Waals surface area (Å²) in [6.07, 6.45) is 1.44. The highest BCUT2D eigenvalue weighted by Gasteiger charge is 2.50. The molecular weight excluding hydrogens is 188 g/mol. The molecule has 1 fully saturated rings. The van der Waals surface area contributed by atoms with Crippen LogP contribution in [0.25, 0.3) is 0 Å². The largest absolute Gasteiger partial charge is 0.425 e. The van der Waals surface area contributed by atoms with Gasteiger partial charge in [-0.05, 0) is 25.0 Å². The van der Waals surface area contributed by atoms with Crippen LogP contribution in [0.15, 0.2) is 30.3 Å². The Morgan fingerprint density at radius 1 is 1.31 bits per heavy atom. The SMILES string of the molecule is O=C(Oc1ccccc1)C1(Cl)CC1. The van der Waals surface area contributed by atoms with E-state index in [9.17, 15) is 4.79 Å². The van der Waals surface area contributed by atoms with Crippen molar-refractivity contribution in [2.45, 2.75) is 17.7 Å². The standard InChI is InChI=1S/C10H9ClO2/c11-10(6-7-10)9(12)13-8-4-2-1-3-5-8/h1-5H,6-7H2. The molecule has 0 aromatic heterocycles. The molecule has 1 aliphatic rings. The molecule has 13 heavy (non-hydrogen) atoms. The van der Waals surface area contributed by atoms with Gasteiger partial charge in [0.1, 0.15) is 10.6 Å². The minimum Gasteiger partial charge on any atom is -0.425 e. The first-order valence-electron chi connectivity index (χ1n) is 4.17. The molecule has 0 unspecified atom stereocenters. The Balaban J connectivity index is 2.03. The van der Waals surface area contributed by atoms with Crippen LogP contribution in [0.2, 0.25) is 0 Å². The van der Waals surface area contributed by atoms with Crippen LogP contribution >= 0.6 is 11.6 Å². The number of para-hydroxylation sites is 1. The minimum absolute atomic E-state index is 0.333. The van der Waals surface area contributed by atoms with E-state index in [4.69, 9.17) is 16.3 Å². The number of rotatable bonds is 2. The van der Waals surface area contributed by atoms with Crippen molar-refractivity contribution in [1.82, 2.24) is 0 Å². The highest BCUT2D eigenvalue weighted by atomic mass is 35.5. The van der Waals surface area contributed by atoms with Gasteiger partial charge in [0.2, 0.25) is 0 Å². The number of ether oxygens (including phenoxy) is 1. The first-order chi connectivity index (χ1) is 6.21. The fourth-order valence-electron chi connectivity index (χ4n) is 1.00. The maximum Gasteiger partial charge on any atom is 0.332 e. The van der Waals surface area contributed by atoms with Crippen LogP contribution < -0.4 is 4.74 Å². The van der Waals surface area contributed by atoms with Gasteiger partial charge in [-0.2, -0.15) is 0 Å². The molecule has 1 aliphatic carbocycles. The fraction of sp³-hybridized carbons (Fsp3) is 0.300. The molecule has 1 saturated carbocycles. The Hall–Kier alpha value is -1.02. The van der Waals surface area contributed by atoms with E-state index in [1.165, 1.54) is 0 Å². The lowest BCUT2D eigenvalue weighted by Gasteiger charge is -2.06. The van der Waals surface area contributed by atoms with Crippen LogP contribution in [-0.4, -0.2) is 10.8 Å². The second-order valence-corrected chi connectivity index (χ2v) is 3.89. The van der Waals surface area contributed by atoms with Crippen LogP contribution in [0.1, 0.15) is 12.8 Å². The number of benzene rings is 1. The zero-order chi connectivity index (χ0) is 9.31. The predicted molar refractivity (Wildman–Crippen MR) is 49.9 cm³/mol. The number of carbonyl (C=O) groups excluding carboxylic acids is 1. The summed E-state index contributed by atoms with van der Waals surface area (Å²) >= 11 is 5.87. The van der Waals surface area contributed by atoms with Gasteiger partial charge in [-0.25, -0.2) is 4.79 Å². The van der Waals surface area contributed by atoms with Gasteiger partial charge in [-0.3, -0.25) is 0 Å². The summed E-state index contributed by atoms with van der Waals surface area (Å²) in [6.45, 7) is 0. The topological polar surface area (TPSA) is 26.3 Å². The first-order valence-corrected chi connectivity index (χ1v) is 4.55. The lowest BCUT2D eigenvalue weighted by atomic mass is 10.3. The van der Waals surface area contributed by atoms with E-state index in [0.717, 1.165) is 12.8 Å². The molecule has 0 atom stereocenters. The molecule has 0 N–H and O–H groups in total. The van der Waals surface area contributed by atoms with Gasteiger partial charge < -0.3 is 4.74 Å². The molecule has 3 heteroatoms. The number of carbonyl (C=O) groups is 1. The third kappa shape index (κ3) is 1.83.